The highest BCUT2D eigenvalue weighted by Gasteiger charge is 2.88. The van der Waals surface area contributed by atoms with Gasteiger partial charge in [-0.1, -0.05) is 88.4 Å². The zero-order valence-electron chi connectivity index (χ0n) is 16.3. The van der Waals surface area contributed by atoms with E-state index in [0.717, 1.165) is 12.8 Å². The summed E-state index contributed by atoms with van der Waals surface area (Å²) in [5.41, 5.74) is 2.50. The SMILES string of the molecule is CC1(C)C(c2ccccc2)C12CCC1(C2=O)C(c2ccccc2)C1(C)C. The van der Waals surface area contributed by atoms with Crippen LogP contribution in [0.3, 0.4) is 0 Å². The zero-order chi connectivity index (χ0) is 18.4. The van der Waals surface area contributed by atoms with Crippen LogP contribution in [-0.4, -0.2) is 5.78 Å². The van der Waals surface area contributed by atoms with Crippen molar-refractivity contribution in [1.82, 2.24) is 0 Å². The third-order valence-corrected chi connectivity index (χ3v) is 8.55. The first-order chi connectivity index (χ1) is 12.3. The molecule has 0 amide bonds. The molecule has 0 aromatic heterocycles. The van der Waals surface area contributed by atoms with E-state index in [4.69, 9.17) is 0 Å². The van der Waals surface area contributed by atoms with Gasteiger partial charge >= 0.3 is 0 Å². The van der Waals surface area contributed by atoms with Gasteiger partial charge in [0.05, 0.1) is 0 Å². The Hall–Kier alpha value is -1.89. The van der Waals surface area contributed by atoms with Gasteiger partial charge in [0.2, 0.25) is 0 Å². The summed E-state index contributed by atoms with van der Waals surface area (Å²) in [6, 6.07) is 21.4. The minimum Gasteiger partial charge on any atom is -0.298 e. The largest absolute Gasteiger partial charge is 0.298 e. The Labute approximate surface area is 156 Å². The molecule has 134 valence electrons. The average Bonchev–Trinajstić information content (AvgIpc) is 3.27. The molecule has 4 unspecified atom stereocenters. The predicted octanol–water partition coefficient (Wildman–Crippen LogP) is 5.97. The summed E-state index contributed by atoms with van der Waals surface area (Å²) >= 11 is 0. The summed E-state index contributed by atoms with van der Waals surface area (Å²) in [6.45, 7) is 9.26. The number of rotatable bonds is 2. The van der Waals surface area contributed by atoms with Crippen molar-refractivity contribution < 1.29 is 4.79 Å². The number of Topliss-reactive ketones (excluding diaryl/α,β-unsaturated/α-hetero) is 1. The summed E-state index contributed by atoms with van der Waals surface area (Å²) in [4.78, 5) is 14.1. The van der Waals surface area contributed by atoms with Gasteiger partial charge in [0.1, 0.15) is 5.78 Å². The van der Waals surface area contributed by atoms with Crippen molar-refractivity contribution in [2.45, 2.75) is 52.4 Å². The number of carbonyl (C=O) groups is 1. The third-order valence-electron chi connectivity index (χ3n) is 8.55. The Bertz CT molecular complexity index is 805. The molecule has 0 heterocycles. The maximum Gasteiger partial charge on any atom is 0.147 e. The van der Waals surface area contributed by atoms with Gasteiger partial charge in [0, 0.05) is 22.7 Å². The number of ketones is 1. The van der Waals surface area contributed by atoms with E-state index in [2.05, 4.69) is 88.4 Å². The van der Waals surface area contributed by atoms with Crippen molar-refractivity contribution in [3.63, 3.8) is 0 Å². The molecule has 3 aliphatic rings. The lowest BCUT2D eigenvalue weighted by Gasteiger charge is -2.15. The Morgan fingerprint density at radius 2 is 1.00 bits per heavy atom. The molecule has 3 fully saturated rings. The number of hydrogen-bond donors (Lipinski definition) is 0. The molecule has 3 saturated carbocycles. The van der Waals surface area contributed by atoms with Crippen molar-refractivity contribution in [2.24, 2.45) is 21.7 Å². The lowest BCUT2D eigenvalue weighted by molar-refractivity contribution is -0.128. The summed E-state index contributed by atoms with van der Waals surface area (Å²) < 4.78 is 0. The second kappa shape index (κ2) is 4.68. The van der Waals surface area contributed by atoms with Crippen LogP contribution in [0.1, 0.15) is 63.5 Å². The zero-order valence-corrected chi connectivity index (χ0v) is 16.3. The monoisotopic (exact) mass is 344 g/mol. The van der Waals surface area contributed by atoms with Crippen LogP contribution in [0, 0.1) is 21.7 Å². The van der Waals surface area contributed by atoms with Crippen LogP contribution in [0.4, 0.5) is 0 Å². The maximum absolute atomic E-state index is 14.1. The van der Waals surface area contributed by atoms with Crippen LogP contribution >= 0.6 is 0 Å². The van der Waals surface area contributed by atoms with Gasteiger partial charge < -0.3 is 0 Å². The van der Waals surface area contributed by atoms with Gasteiger partial charge in [0.15, 0.2) is 0 Å². The summed E-state index contributed by atoms with van der Waals surface area (Å²) in [6.07, 6.45) is 2.09. The maximum atomic E-state index is 14.1. The molecule has 0 bridgehead atoms. The quantitative estimate of drug-likeness (QED) is 0.656. The first-order valence-electron chi connectivity index (χ1n) is 9.96. The first-order valence-corrected chi connectivity index (χ1v) is 9.96. The molecule has 0 radical (unpaired) electrons. The van der Waals surface area contributed by atoms with E-state index in [-0.39, 0.29) is 21.7 Å². The van der Waals surface area contributed by atoms with Gasteiger partial charge in [-0.25, -0.2) is 0 Å². The van der Waals surface area contributed by atoms with Crippen LogP contribution in [0.5, 0.6) is 0 Å². The summed E-state index contributed by atoms with van der Waals surface area (Å²) in [5.74, 6) is 1.30. The normalized spacial score (nSPS) is 38.7. The number of carbonyl (C=O) groups excluding carboxylic acids is 1. The van der Waals surface area contributed by atoms with Crippen molar-refractivity contribution in [1.29, 1.82) is 0 Å². The summed E-state index contributed by atoms with van der Waals surface area (Å²) in [7, 11) is 0. The van der Waals surface area contributed by atoms with Gasteiger partial charge in [0.25, 0.3) is 0 Å². The molecule has 2 spiro atoms. The van der Waals surface area contributed by atoms with Crippen molar-refractivity contribution in [2.75, 3.05) is 0 Å². The smallest absolute Gasteiger partial charge is 0.147 e. The van der Waals surface area contributed by atoms with E-state index >= 15 is 0 Å². The molecule has 4 atom stereocenters. The minimum absolute atomic E-state index is 0.0643. The van der Waals surface area contributed by atoms with E-state index in [1.807, 2.05) is 0 Å². The third kappa shape index (κ3) is 1.57. The first kappa shape index (κ1) is 16.3. The molecule has 1 heteroatoms. The van der Waals surface area contributed by atoms with Crippen molar-refractivity contribution in [3.05, 3.63) is 71.8 Å². The highest BCUT2D eigenvalue weighted by Crippen LogP contribution is 2.89. The molecular weight excluding hydrogens is 316 g/mol. The van der Waals surface area contributed by atoms with Crippen LogP contribution in [0.25, 0.3) is 0 Å². The lowest BCUT2D eigenvalue weighted by Crippen LogP contribution is -2.24. The fraction of sp³-hybridized carbons (Fsp3) is 0.480. The average molecular weight is 344 g/mol. The van der Waals surface area contributed by atoms with Gasteiger partial charge in [-0.15, -0.1) is 0 Å². The molecule has 2 aromatic carbocycles. The molecule has 2 aromatic rings. The van der Waals surface area contributed by atoms with Crippen LogP contribution in [-0.2, 0) is 4.79 Å². The lowest BCUT2D eigenvalue weighted by atomic mass is 9.86. The van der Waals surface area contributed by atoms with E-state index in [1.165, 1.54) is 11.1 Å². The number of benzene rings is 2. The highest BCUT2D eigenvalue weighted by atomic mass is 16.1. The van der Waals surface area contributed by atoms with E-state index in [0.29, 0.717) is 17.6 Å². The van der Waals surface area contributed by atoms with Gasteiger partial charge in [-0.2, -0.15) is 0 Å². The Morgan fingerprint density at radius 1 is 0.654 bits per heavy atom. The molecule has 26 heavy (non-hydrogen) atoms. The summed E-state index contributed by atoms with van der Waals surface area (Å²) in [5, 5.41) is 0. The van der Waals surface area contributed by atoms with Gasteiger partial charge in [-0.05, 0) is 34.8 Å². The predicted molar refractivity (Wildman–Crippen MR) is 105 cm³/mol. The van der Waals surface area contributed by atoms with Crippen LogP contribution < -0.4 is 0 Å². The minimum atomic E-state index is -0.158. The Morgan fingerprint density at radius 3 is 1.35 bits per heavy atom. The molecule has 5 rings (SSSR count). The topological polar surface area (TPSA) is 17.1 Å². The number of hydrogen-bond acceptors (Lipinski definition) is 1. The second-order valence-corrected chi connectivity index (χ2v) is 9.90. The molecule has 3 aliphatic carbocycles. The highest BCUT2D eigenvalue weighted by molar-refractivity contribution is 6.02. The van der Waals surface area contributed by atoms with Gasteiger partial charge in [-0.3, -0.25) is 4.79 Å². The van der Waals surface area contributed by atoms with E-state index in [1.54, 1.807) is 0 Å². The van der Waals surface area contributed by atoms with Crippen LogP contribution in [0.2, 0.25) is 0 Å². The Balaban J connectivity index is 1.56. The fourth-order valence-electron chi connectivity index (χ4n) is 7.20. The standard InChI is InChI=1S/C25H28O/c1-22(2)19(17-11-7-5-8-12-17)24(22)15-16-25(21(24)26)20(23(25,3)4)18-13-9-6-10-14-18/h5-14,19-20H,15-16H2,1-4H3. The Kier molecular flexibility index (Phi) is 2.94. The molecule has 0 saturated heterocycles. The van der Waals surface area contributed by atoms with Crippen molar-refractivity contribution in [3.8, 4) is 0 Å². The van der Waals surface area contributed by atoms with Crippen LogP contribution in [0.15, 0.2) is 60.7 Å². The second-order valence-electron chi connectivity index (χ2n) is 9.90. The molecule has 0 N–H and O–H groups in total. The molecular formula is C25H28O. The molecule has 1 nitrogen and oxygen atoms in total. The van der Waals surface area contributed by atoms with Crippen molar-refractivity contribution >= 4 is 5.78 Å². The fourth-order valence-corrected chi connectivity index (χ4v) is 7.20. The van der Waals surface area contributed by atoms with E-state index in [9.17, 15) is 4.79 Å². The van der Waals surface area contributed by atoms with E-state index < -0.39 is 0 Å². The molecule has 0 aliphatic heterocycles.